The average molecular weight is 405 g/mol. The van der Waals surface area contributed by atoms with Gasteiger partial charge in [0.1, 0.15) is 0 Å². The molecule has 0 bridgehead atoms. The van der Waals surface area contributed by atoms with Gasteiger partial charge < -0.3 is 19.5 Å². The zero-order valence-corrected chi connectivity index (χ0v) is 17.8. The van der Waals surface area contributed by atoms with Gasteiger partial charge in [-0.05, 0) is 35.7 Å². The van der Waals surface area contributed by atoms with E-state index in [2.05, 4.69) is 17.4 Å². The first-order valence-electron chi connectivity index (χ1n) is 9.75. The fourth-order valence-corrected chi connectivity index (χ4v) is 3.40. The summed E-state index contributed by atoms with van der Waals surface area (Å²) in [5.74, 6) is 1.46. The predicted octanol–water partition coefficient (Wildman–Crippen LogP) is 4.47. The van der Waals surface area contributed by atoms with E-state index in [9.17, 15) is 4.79 Å². The number of methoxy groups -OCH3 is 3. The fourth-order valence-electron chi connectivity index (χ4n) is 3.40. The Labute approximate surface area is 177 Å². The molecule has 5 nitrogen and oxygen atoms in total. The Balaban J connectivity index is 1.85. The smallest absolute Gasteiger partial charge is 0.225 e. The molecule has 0 aliphatic rings. The third-order valence-electron chi connectivity index (χ3n) is 4.94. The Morgan fingerprint density at radius 1 is 0.833 bits per heavy atom. The van der Waals surface area contributed by atoms with Crippen LogP contribution in [-0.2, 0) is 11.2 Å². The minimum absolute atomic E-state index is 0.0984. The van der Waals surface area contributed by atoms with Gasteiger partial charge in [-0.15, -0.1) is 0 Å². The van der Waals surface area contributed by atoms with Gasteiger partial charge in [0.2, 0.25) is 11.7 Å². The van der Waals surface area contributed by atoms with E-state index in [0.717, 1.165) is 16.7 Å². The van der Waals surface area contributed by atoms with Crippen molar-refractivity contribution in [3.8, 4) is 17.2 Å². The van der Waals surface area contributed by atoms with Crippen LogP contribution in [0.3, 0.4) is 0 Å². The fraction of sp³-hybridized carbons (Fsp3) is 0.240. The maximum Gasteiger partial charge on any atom is 0.225 e. The Kier molecular flexibility index (Phi) is 6.96. The van der Waals surface area contributed by atoms with Crippen LogP contribution >= 0.6 is 0 Å². The van der Waals surface area contributed by atoms with Crippen molar-refractivity contribution < 1.29 is 19.0 Å². The summed E-state index contributed by atoms with van der Waals surface area (Å²) in [7, 11) is 4.67. The van der Waals surface area contributed by atoms with E-state index in [1.54, 1.807) is 33.5 Å². The Hall–Kier alpha value is -3.47. The Morgan fingerprint density at radius 3 is 1.93 bits per heavy atom. The molecule has 30 heavy (non-hydrogen) atoms. The van der Waals surface area contributed by atoms with E-state index in [1.165, 1.54) is 5.56 Å². The van der Waals surface area contributed by atoms with Gasteiger partial charge in [0, 0.05) is 0 Å². The van der Waals surface area contributed by atoms with Gasteiger partial charge in [-0.25, -0.2) is 0 Å². The second-order valence-electron chi connectivity index (χ2n) is 7.03. The van der Waals surface area contributed by atoms with Gasteiger partial charge in [-0.3, -0.25) is 4.79 Å². The summed E-state index contributed by atoms with van der Waals surface area (Å²) >= 11 is 0. The van der Waals surface area contributed by atoms with Crippen LogP contribution in [0.1, 0.15) is 28.3 Å². The number of carbonyl (C=O) groups excluding carboxylic acids is 1. The molecule has 1 N–H and O–H groups in total. The molecule has 0 spiro atoms. The normalized spacial score (nSPS) is 11.5. The van der Waals surface area contributed by atoms with Gasteiger partial charge in [-0.1, -0.05) is 60.2 Å². The molecule has 0 aliphatic carbocycles. The van der Waals surface area contributed by atoms with E-state index < -0.39 is 0 Å². The molecule has 1 unspecified atom stereocenters. The number of hydrogen-bond donors (Lipinski definition) is 1. The lowest BCUT2D eigenvalue weighted by Gasteiger charge is -2.20. The largest absolute Gasteiger partial charge is 0.493 e. The van der Waals surface area contributed by atoms with E-state index in [-0.39, 0.29) is 18.4 Å². The maximum atomic E-state index is 13.0. The molecular weight excluding hydrogens is 378 g/mol. The molecule has 1 amide bonds. The van der Waals surface area contributed by atoms with Crippen molar-refractivity contribution in [3.05, 3.63) is 89.0 Å². The first-order chi connectivity index (χ1) is 14.5. The van der Waals surface area contributed by atoms with Crippen LogP contribution in [0.2, 0.25) is 0 Å². The molecule has 0 heterocycles. The lowest BCUT2D eigenvalue weighted by atomic mass is 9.97. The monoisotopic (exact) mass is 405 g/mol. The number of rotatable bonds is 8. The number of ether oxygens (including phenoxy) is 3. The highest BCUT2D eigenvalue weighted by Gasteiger charge is 2.19. The number of amides is 1. The van der Waals surface area contributed by atoms with Crippen molar-refractivity contribution in [2.45, 2.75) is 19.4 Å². The van der Waals surface area contributed by atoms with Crippen LogP contribution in [0.15, 0.2) is 66.7 Å². The molecule has 3 aromatic carbocycles. The van der Waals surface area contributed by atoms with Crippen molar-refractivity contribution >= 4 is 5.91 Å². The molecule has 0 fully saturated rings. The number of carbonyl (C=O) groups is 1. The molecule has 5 heteroatoms. The lowest BCUT2D eigenvalue weighted by Crippen LogP contribution is -2.30. The molecule has 3 rings (SSSR count). The number of nitrogens with one attached hydrogen (secondary N) is 1. The number of hydrogen-bond acceptors (Lipinski definition) is 4. The van der Waals surface area contributed by atoms with E-state index in [1.807, 2.05) is 49.4 Å². The Morgan fingerprint density at radius 2 is 1.40 bits per heavy atom. The first-order valence-corrected chi connectivity index (χ1v) is 9.75. The average Bonchev–Trinajstić information content (AvgIpc) is 2.78. The molecule has 156 valence electrons. The van der Waals surface area contributed by atoms with Crippen LogP contribution in [0.4, 0.5) is 0 Å². The van der Waals surface area contributed by atoms with Crippen LogP contribution in [0, 0.1) is 6.92 Å². The van der Waals surface area contributed by atoms with E-state index in [4.69, 9.17) is 14.2 Å². The van der Waals surface area contributed by atoms with Gasteiger partial charge in [0.05, 0.1) is 33.8 Å². The summed E-state index contributed by atoms with van der Waals surface area (Å²) in [5.41, 5.74) is 4.01. The van der Waals surface area contributed by atoms with Crippen molar-refractivity contribution in [2.75, 3.05) is 21.3 Å². The van der Waals surface area contributed by atoms with Crippen molar-refractivity contribution in [1.29, 1.82) is 0 Å². The molecule has 3 aromatic rings. The Bertz CT molecular complexity index is 959. The van der Waals surface area contributed by atoms with Crippen molar-refractivity contribution in [2.24, 2.45) is 0 Å². The van der Waals surface area contributed by atoms with Crippen molar-refractivity contribution in [3.63, 3.8) is 0 Å². The predicted molar refractivity (Wildman–Crippen MR) is 117 cm³/mol. The highest BCUT2D eigenvalue weighted by Crippen LogP contribution is 2.38. The topological polar surface area (TPSA) is 56.8 Å². The standard InChI is InChI=1S/C25H27NO4/c1-17-10-12-20(13-11-17)24(19-8-6-5-7-9-19)26-23(27)16-18-14-21(28-2)25(30-4)22(15-18)29-3/h5-15,24H,16H2,1-4H3,(H,26,27). The summed E-state index contributed by atoms with van der Waals surface area (Å²) < 4.78 is 16.1. The molecule has 0 saturated carbocycles. The third-order valence-corrected chi connectivity index (χ3v) is 4.94. The highest BCUT2D eigenvalue weighted by molar-refractivity contribution is 5.80. The van der Waals surface area contributed by atoms with Crippen molar-refractivity contribution in [1.82, 2.24) is 5.32 Å². The van der Waals surface area contributed by atoms with Crippen LogP contribution in [0.5, 0.6) is 17.2 Å². The van der Waals surface area contributed by atoms with E-state index in [0.29, 0.717) is 17.2 Å². The van der Waals surface area contributed by atoms with Gasteiger partial charge in [0.15, 0.2) is 11.5 Å². The summed E-state index contributed by atoms with van der Waals surface area (Å²) in [6.45, 7) is 2.05. The third kappa shape index (κ3) is 4.92. The zero-order chi connectivity index (χ0) is 21.5. The van der Waals surface area contributed by atoms with Gasteiger partial charge in [0.25, 0.3) is 0 Å². The van der Waals surface area contributed by atoms with Crippen LogP contribution in [-0.4, -0.2) is 27.2 Å². The minimum Gasteiger partial charge on any atom is -0.493 e. The minimum atomic E-state index is -0.235. The summed E-state index contributed by atoms with van der Waals surface area (Å²) in [6, 6.07) is 21.5. The van der Waals surface area contributed by atoms with Crippen LogP contribution in [0.25, 0.3) is 0 Å². The van der Waals surface area contributed by atoms with Crippen LogP contribution < -0.4 is 19.5 Å². The maximum absolute atomic E-state index is 13.0. The van der Waals surface area contributed by atoms with Gasteiger partial charge >= 0.3 is 0 Å². The second-order valence-corrected chi connectivity index (χ2v) is 7.03. The number of aryl methyl sites for hydroxylation is 1. The quantitative estimate of drug-likeness (QED) is 0.601. The molecule has 0 radical (unpaired) electrons. The lowest BCUT2D eigenvalue weighted by molar-refractivity contribution is -0.120. The van der Waals surface area contributed by atoms with E-state index >= 15 is 0 Å². The molecule has 0 saturated heterocycles. The molecule has 0 aromatic heterocycles. The summed E-state index contributed by atoms with van der Waals surface area (Å²) in [5, 5.41) is 3.17. The second kappa shape index (κ2) is 9.83. The molecular formula is C25H27NO4. The summed E-state index contributed by atoms with van der Waals surface area (Å²) in [4.78, 5) is 13.0. The number of benzene rings is 3. The first kappa shape index (κ1) is 21.2. The molecule has 0 aliphatic heterocycles. The summed E-state index contributed by atoms with van der Waals surface area (Å²) in [6.07, 6.45) is 0.186. The zero-order valence-electron chi connectivity index (χ0n) is 17.8. The highest BCUT2D eigenvalue weighted by atomic mass is 16.5. The van der Waals surface area contributed by atoms with Gasteiger partial charge in [-0.2, -0.15) is 0 Å². The SMILES string of the molecule is COc1cc(CC(=O)NC(c2ccccc2)c2ccc(C)cc2)cc(OC)c1OC. The molecule has 1 atom stereocenters.